The number of ether oxygens (including phenoxy) is 4. The van der Waals surface area contributed by atoms with Crippen LogP contribution in [0.4, 0.5) is 21.7 Å². The number of halogens is 1. The standard InChI is InChI=1S/C18H18FN5O4.C18H20N6O5.C16H17N7O4/c19-10-3-1-9(2-4-10)17(27)23-14-15(26)12(7-25)28-18(14)24-8-22-13-11(20)5-6-21-16(13)24;1-28-10-4-2-3-9(5-10)17(27)23-12-14(26)11(6-25)29-18(12)24-8-22-13-15(19)20-7-21-16(13)24;17-13-11-14(20-6-19-13)23(7-21-11)16-10(12(25)9(5-24)27-16)22-15(26)8-2-1-3-18-4-8/h1-6,8,12,14-15,18,25-26H,7H2,(H2,20,21)(H,23,27);2-5,7-8,11-12,14,18,25-26H,6H2,1H3,(H,23,27)(H2,19,20,21);1-4,6-7,9-10,12,16,24-25H,5H2,(H,22,26)(H2,17,19,20)/t12-,14?,15+,18-;11-,12?,14+,18-;9-,10?,12+,16-/m111/s1. The molecule has 0 saturated carbocycles. The van der Waals surface area contributed by atoms with Crippen LogP contribution >= 0.6 is 0 Å². The molecule has 15 N–H and O–H groups in total. The molecule has 12 rings (SSSR count). The van der Waals surface area contributed by atoms with Gasteiger partial charge in [0.1, 0.15) is 95.5 Å². The van der Waals surface area contributed by atoms with Gasteiger partial charge in [0, 0.05) is 29.7 Å². The second-order valence-electron chi connectivity index (χ2n) is 19.1. The number of methoxy groups -OCH3 is 1. The average Bonchev–Trinajstić information content (AvgIpc) is 3.73. The molecule has 438 valence electrons. The molecule has 3 aliphatic heterocycles. The van der Waals surface area contributed by atoms with Crippen LogP contribution in [0.3, 0.4) is 0 Å². The van der Waals surface area contributed by atoms with Crippen LogP contribution in [0, 0.1) is 5.82 Å². The van der Waals surface area contributed by atoms with E-state index < -0.39 is 117 Å². The van der Waals surface area contributed by atoms with Crippen LogP contribution in [-0.4, -0.2) is 189 Å². The molecule has 32 heteroatoms. The number of benzene rings is 2. The van der Waals surface area contributed by atoms with Crippen LogP contribution in [0.5, 0.6) is 5.75 Å². The number of nitrogen functional groups attached to an aromatic ring is 3. The van der Waals surface area contributed by atoms with Crippen molar-refractivity contribution in [1.82, 2.24) is 74.5 Å². The Morgan fingerprint density at radius 1 is 0.560 bits per heavy atom. The Labute approximate surface area is 472 Å². The van der Waals surface area contributed by atoms with Crippen molar-refractivity contribution >= 4 is 68.5 Å². The van der Waals surface area contributed by atoms with Crippen LogP contribution < -0.4 is 37.9 Å². The fourth-order valence-electron chi connectivity index (χ4n) is 9.69. The Morgan fingerprint density at radius 3 is 1.48 bits per heavy atom. The number of anilines is 3. The van der Waals surface area contributed by atoms with E-state index in [2.05, 4.69) is 60.8 Å². The second kappa shape index (κ2) is 24.9. The Hall–Kier alpha value is -9.51. The molecule has 2 aromatic carbocycles. The zero-order valence-corrected chi connectivity index (χ0v) is 44.0. The minimum atomic E-state index is -1.18. The van der Waals surface area contributed by atoms with Gasteiger partial charge < -0.3 is 82.7 Å². The summed E-state index contributed by atoms with van der Waals surface area (Å²) in [5.74, 6) is -0.925. The molecule has 3 unspecified atom stereocenters. The maximum absolute atomic E-state index is 13.1. The maximum atomic E-state index is 13.1. The van der Waals surface area contributed by atoms with E-state index in [-0.39, 0.29) is 17.2 Å². The van der Waals surface area contributed by atoms with Crippen molar-refractivity contribution in [3.63, 3.8) is 0 Å². The number of fused-ring (bicyclic) bond motifs is 3. The van der Waals surface area contributed by atoms with Gasteiger partial charge in [-0.05, 0) is 60.7 Å². The normalized spacial score (nSPS) is 24.5. The highest BCUT2D eigenvalue weighted by Gasteiger charge is 2.48. The number of hydrogen-bond acceptors (Lipinski definition) is 25. The highest BCUT2D eigenvalue weighted by molar-refractivity contribution is 5.96. The number of nitrogens with two attached hydrogens (primary N) is 3. The van der Waals surface area contributed by atoms with Crippen molar-refractivity contribution in [2.24, 2.45) is 0 Å². The fourth-order valence-corrected chi connectivity index (χ4v) is 9.69. The SMILES string of the molecule is COc1cccc(C(=O)NC2[C@@H](O)[C@@H](CO)O[C@H]2n2cnc3c(N)ncnc32)c1.Nc1ccnc2c1ncn2[C@@H]1O[C@H](CO)[C@H](O)C1NC(=O)c1ccc(F)cc1.Nc1ncnc2c1ncn2[C@@H]1O[C@H](CO)[C@H](O)C1NC(=O)c1cccnc1. The summed E-state index contributed by atoms with van der Waals surface area (Å²) in [6, 6.07) is 13.8. The van der Waals surface area contributed by atoms with Gasteiger partial charge in [-0.1, -0.05) is 6.07 Å². The largest absolute Gasteiger partial charge is 0.497 e. The van der Waals surface area contributed by atoms with Crippen molar-refractivity contribution in [1.29, 1.82) is 0 Å². The number of carbonyl (C=O) groups excluding carboxylic acids is 3. The van der Waals surface area contributed by atoms with Gasteiger partial charge in [0.15, 0.2) is 47.3 Å². The number of hydrogen-bond donors (Lipinski definition) is 12. The molecule has 7 aromatic heterocycles. The van der Waals surface area contributed by atoms with Crippen molar-refractivity contribution in [3.8, 4) is 5.75 Å². The number of pyridine rings is 2. The Bertz CT molecular complexity index is 3790. The Morgan fingerprint density at radius 2 is 1.01 bits per heavy atom. The fraction of sp³-hybridized carbons (Fsp3) is 0.308. The molecule has 10 heterocycles. The van der Waals surface area contributed by atoms with E-state index in [9.17, 15) is 49.4 Å². The third kappa shape index (κ3) is 11.5. The number of aliphatic hydroxyl groups is 6. The summed E-state index contributed by atoms with van der Waals surface area (Å²) in [5, 5.41) is 68.5. The number of imidazole rings is 3. The Kier molecular flexibility index (Phi) is 17.1. The third-order valence-corrected chi connectivity index (χ3v) is 14.0. The number of nitrogens with zero attached hydrogens (tertiary/aromatic N) is 12. The van der Waals surface area contributed by atoms with E-state index in [1.54, 1.807) is 62.4 Å². The lowest BCUT2D eigenvalue weighted by Gasteiger charge is -2.23. The summed E-state index contributed by atoms with van der Waals surface area (Å²) in [5.41, 5.74) is 21.3. The molecule has 3 aliphatic rings. The minimum absolute atomic E-state index is 0.197. The Balaban J connectivity index is 0.000000140. The number of amides is 3. The molecular weight excluding hydrogens is 1100 g/mol. The molecule has 0 spiro atoms. The van der Waals surface area contributed by atoms with Crippen molar-refractivity contribution in [2.75, 3.05) is 44.1 Å². The van der Waals surface area contributed by atoms with Crippen LogP contribution in [-0.2, 0) is 14.2 Å². The topological polar surface area (TPSA) is 454 Å². The number of rotatable bonds is 13. The van der Waals surface area contributed by atoms with Gasteiger partial charge in [-0.3, -0.25) is 33.1 Å². The zero-order chi connectivity index (χ0) is 59.3. The lowest BCUT2D eigenvalue weighted by atomic mass is 10.1. The van der Waals surface area contributed by atoms with Crippen LogP contribution in [0.2, 0.25) is 0 Å². The van der Waals surface area contributed by atoms with Gasteiger partial charge in [-0.25, -0.2) is 44.3 Å². The molecule has 0 aliphatic carbocycles. The summed E-state index contributed by atoms with van der Waals surface area (Å²) in [6.45, 7) is -1.28. The first-order valence-electron chi connectivity index (χ1n) is 25.6. The molecule has 0 radical (unpaired) electrons. The number of aromatic nitrogens is 12. The van der Waals surface area contributed by atoms with Crippen LogP contribution in [0.1, 0.15) is 49.8 Å². The first kappa shape index (κ1) is 57.7. The lowest BCUT2D eigenvalue weighted by Crippen LogP contribution is -2.46. The molecule has 12 atom stereocenters. The van der Waals surface area contributed by atoms with E-state index in [1.807, 2.05) is 0 Å². The summed E-state index contributed by atoms with van der Waals surface area (Å²) in [6.07, 6.45) is 2.61. The van der Waals surface area contributed by atoms with Gasteiger partial charge in [-0.15, -0.1) is 0 Å². The van der Waals surface area contributed by atoms with Gasteiger partial charge in [0.05, 0.1) is 57.2 Å². The number of aliphatic hydroxyl groups excluding tert-OH is 6. The van der Waals surface area contributed by atoms with Crippen molar-refractivity contribution in [2.45, 2.75) is 73.4 Å². The van der Waals surface area contributed by atoms with E-state index in [0.717, 1.165) is 0 Å². The second-order valence-corrected chi connectivity index (χ2v) is 19.1. The summed E-state index contributed by atoms with van der Waals surface area (Å²) < 4.78 is 40.2. The van der Waals surface area contributed by atoms with Crippen LogP contribution in [0.15, 0.2) is 117 Å². The van der Waals surface area contributed by atoms with E-state index >= 15 is 0 Å². The summed E-state index contributed by atoms with van der Waals surface area (Å²) >= 11 is 0. The quantitative estimate of drug-likeness (QED) is 0.0626. The van der Waals surface area contributed by atoms with Crippen molar-refractivity contribution < 1.29 is 68.4 Å². The maximum Gasteiger partial charge on any atom is 0.253 e. The number of nitrogens with one attached hydrogen (secondary N) is 3. The van der Waals surface area contributed by atoms with Crippen LogP contribution in [0.25, 0.3) is 33.5 Å². The molecule has 84 heavy (non-hydrogen) atoms. The molecule has 3 fully saturated rings. The molecular formula is C52H55FN18O13. The monoisotopic (exact) mass is 1160 g/mol. The van der Waals surface area contributed by atoms with Gasteiger partial charge in [0.25, 0.3) is 17.7 Å². The molecule has 0 bridgehead atoms. The first-order valence-corrected chi connectivity index (χ1v) is 25.6. The van der Waals surface area contributed by atoms with Crippen molar-refractivity contribution in [3.05, 3.63) is 139 Å². The molecule has 9 aromatic rings. The summed E-state index contributed by atoms with van der Waals surface area (Å²) in [7, 11) is 1.51. The predicted molar refractivity (Wildman–Crippen MR) is 290 cm³/mol. The average molecular weight is 1160 g/mol. The third-order valence-electron chi connectivity index (χ3n) is 14.0. The van der Waals surface area contributed by atoms with Gasteiger partial charge in [-0.2, -0.15) is 0 Å². The van der Waals surface area contributed by atoms with Gasteiger partial charge >= 0.3 is 0 Å². The minimum Gasteiger partial charge on any atom is -0.497 e. The lowest BCUT2D eigenvalue weighted by molar-refractivity contribution is -0.0440. The summed E-state index contributed by atoms with van der Waals surface area (Å²) in [4.78, 5) is 74.7. The zero-order valence-electron chi connectivity index (χ0n) is 44.0. The van der Waals surface area contributed by atoms with Gasteiger partial charge in [0.2, 0.25) is 0 Å². The predicted octanol–water partition coefficient (Wildman–Crippen LogP) is -1.48. The first-order chi connectivity index (χ1) is 40.6. The van der Waals surface area contributed by atoms with E-state index in [4.69, 9.17) is 36.1 Å². The number of carbonyl (C=O) groups is 3. The molecule has 3 amide bonds. The molecule has 3 saturated heterocycles. The smallest absolute Gasteiger partial charge is 0.253 e. The van der Waals surface area contributed by atoms with E-state index in [1.165, 1.54) is 75.4 Å². The highest BCUT2D eigenvalue weighted by Crippen LogP contribution is 2.35. The highest BCUT2D eigenvalue weighted by atomic mass is 19.1. The van der Waals surface area contributed by atoms with E-state index in [0.29, 0.717) is 56.1 Å². The molecule has 31 nitrogen and oxygen atoms in total.